The Morgan fingerprint density at radius 3 is 2.13 bits per heavy atom. The van der Waals surface area contributed by atoms with E-state index < -0.39 is 0 Å². The normalized spacial score (nSPS) is 10.8. The van der Waals surface area contributed by atoms with Gasteiger partial charge in [-0.25, -0.2) is 9.59 Å². The Balaban J connectivity index is 0. The Hall–Kier alpha value is -1.58. The van der Waals surface area contributed by atoms with Gasteiger partial charge < -0.3 is 9.47 Å². The SMILES string of the molecule is C=C(C)C(=O)OCCCC.C=CC(=O)OC(CC)CCCCC. The third kappa shape index (κ3) is 16.6. The van der Waals surface area contributed by atoms with E-state index in [0.29, 0.717) is 12.2 Å². The summed E-state index contributed by atoms with van der Waals surface area (Å²) in [5.41, 5.74) is 0.469. The maximum atomic E-state index is 10.9. The molecule has 0 fully saturated rings. The van der Waals surface area contributed by atoms with Gasteiger partial charge in [-0.05, 0) is 32.6 Å². The molecule has 0 radical (unpaired) electrons. The second-order valence-electron chi connectivity index (χ2n) is 5.44. The van der Waals surface area contributed by atoms with Crippen molar-refractivity contribution in [3.05, 3.63) is 24.8 Å². The van der Waals surface area contributed by atoms with Crippen LogP contribution in [0.4, 0.5) is 0 Å². The molecule has 0 aromatic rings. The van der Waals surface area contributed by atoms with Gasteiger partial charge in [0.1, 0.15) is 6.10 Å². The van der Waals surface area contributed by atoms with Crippen molar-refractivity contribution in [2.45, 2.75) is 78.7 Å². The Morgan fingerprint density at radius 2 is 1.70 bits per heavy atom. The number of unbranched alkanes of at least 4 members (excludes halogenated alkanes) is 3. The predicted octanol–water partition coefficient (Wildman–Crippen LogP) is 4.98. The molecule has 0 saturated carbocycles. The molecule has 0 aliphatic rings. The third-order valence-electron chi connectivity index (χ3n) is 3.11. The summed E-state index contributed by atoms with van der Waals surface area (Å²) in [6.45, 7) is 15.2. The van der Waals surface area contributed by atoms with E-state index in [1.807, 2.05) is 6.92 Å². The lowest BCUT2D eigenvalue weighted by atomic mass is 10.1. The molecule has 1 unspecified atom stereocenters. The van der Waals surface area contributed by atoms with Gasteiger partial charge in [0, 0.05) is 11.6 Å². The summed E-state index contributed by atoms with van der Waals surface area (Å²) in [5, 5.41) is 0. The summed E-state index contributed by atoms with van der Waals surface area (Å²) in [6, 6.07) is 0. The summed E-state index contributed by atoms with van der Waals surface area (Å²) in [7, 11) is 0. The number of carbonyl (C=O) groups excluding carboxylic acids is 2. The third-order valence-corrected chi connectivity index (χ3v) is 3.11. The molecular weight excluding hydrogens is 292 g/mol. The molecule has 0 amide bonds. The Labute approximate surface area is 141 Å². The van der Waals surface area contributed by atoms with E-state index in [2.05, 4.69) is 27.0 Å². The lowest BCUT2D eigenvalue weighted by molar-refractivity contribution is -0.143. The minimum Gasteiger partial charge on any atom is -0.462 e. The quantitative estimate of drug-likeness (QED) is 0.305. The molecule has 0 heterocycles. The predicted molar refractivity (Wildman–Crippen MR) is 95.2 cm³/mol. The maximum absolute atomic E-state index is 10.9. The smallest absolute Gasteiger partial charge is 0.333 e. The van der Waals surface area contributed by atoms with Crippen molar-refractivity contribution in [2.75, 3.05) is 6.61 Å². The molecule has 0 aromatic carbocycles. The van der Waals surface area contributed by atoms with Gasteiger partial charge in [-0.3, -0.25) is 0 Å². The Kier molecular flexibility index (Phi) is 17.3. The zero-order valence-electron chi connectivity index (χ0n) is 15.4. The lowest BCUT2D eigenvalue weighted by Gasteiger charge is -2.14. The molecule has 0 aliphatic heterocycles. The number of esters is 2. The molecule has 4 nitrogen and oxygen atoms in total. The number of hydrogen-bond acceptors (Lipinski definition) is 4. The minimum atomic E-state index is -0.302. The summed E-state index contributed by atoms with van der Waals surface area (Å²) in [4.78, 5) is 21.6. The number of hydrogen-bond donors (Lipinski definition) is 0. The highest BCUT2D eigenvalue weighted by atomic mass is 16.5. The summed E-state index contributed by atoms with van der Waals surface area (Å²) < 4.78 is 9.94. The van der Waals surface area contributed by atoms with Gasteiger partial charge in [-0.2, -0.15) is 0 Å². The first kappa shape index (κ1) is 23.7. The first-order valence-corrected chi connectivity index (χ1v) is 8.58. The van der Waals surface area contributed by atoms with Gasteiger partial charge in [-0.1, -0.05) is 53.2 Å². The molecule has 0 aromatic heterocycles. The van der Waals surface area contributed by atoms with Gasteiger partial charge in [-0.15, -0.1) is 0 Å². The van der Waals surface area contributed by atoms with E-state index in [1.165, 1.54) is 18.9 Å². The maximum Gasteiger partial charge on any atom is 0.333 e. The fraction of sp³-hybridized carbons (Fsp3) is 0.684. The van der Waals surface area contributed by atoms with Crippen LogP contribution < -0.4 is 0 Å². The molecule has 0 N–H and O–H groups in total. The summed E-state index contributed by atoms with van der Waals surface area (Å²) in [5.74, 6) is -0.586. The van der Waals surface area contributed by atoms with Gasteiger partial charge in [0.15, 0.2) is 0 Å². The van der Waals surface area contributed by atoms with Crippen LogP contribution in [0.5, 0.6) is 0 Å². The summed E-state index contributed by atoms with van der Waals surface area (Å²) in [6.07, 6.45) is 8.70. The van der Waals surface area contributed by atoms with E-state index >= 15 is 0 Å². The number of rotatable bonds is 11. The van der Waals surface area contributed by atoms with Crippen LogP contribution in [0, 0.1) is 0 Å². The molecular formula is C19H34O4. The zero-order chi connectivity index (χ0) is 18.1. The fourth-order valence-electron chi connectivity index (χ4n) is 1.61. The zero-order valence-corrected chi connectivity index (χ0v) is 15.4. The number of carbonyl (C=O) groups is 2. The van der Waals surface area contributed by atoms with E-state index in [9.17, 15) is 9.59 Å². The molecule has 0 saturated heterocycles. The van der Waals surface area contributed by atoms with Crippen molar-refractivity contribution in [3.63, 3.8) is 0 Å². The van der Waals surface area contributed by atoms with Gasteiger partial charge >= 0.3 is 11.9 Å². The highest BCUT2D eigenvalue weighted by Crippen LogP contribution is 2.10. The number of ether oxygens (including phenoxy) is 2. The second kappa shape index (κ2) is 16.8. The van der Waals surface area contributed by atoms with E-state index in [0.717, 1.165) is 32.1 Å². The topological polar surface area (TPSA) is 52.6 Å². The lowest BCUT2D eigenvalue weighted by Crippen LogP contribution is -2.15. The largest absolute Gasteiger partial charge is 0.462 e. The highest BCUT2D eigenvalue weighted by molar-refractivity contribution is 5.86. The van der Waals surface area contributed by atoms with Gasteiger partial charge in [0.2, 0.25) is 0 Å². The van der Waals surface area contributed by atoms with E-state index in [1.54, 1.807) is 6.92 Å². The fourth-order valence-corrected chi connectivity index (χ4v) is 1.61. The van der Waals surface area contributed by atoms with Crippen LogP contribution in [-0.4, -0.2) is 24.6 Å². The van der Waals surface area contributed by atoms with Crippen molar-refractivity contribution in [1.29, 1.82) is 0 Å². The second-order valence-corrected chi connectivity index (χ2v) is 5.44. The Morgan fingerprint density at radius 1 is 1.09 bits per heavy atom. The van der Waals surface area contributed by atoms with Crippen molar-refractivity contribution >= 4 is 11.9 Å². The standard InChI is InChI=1S/C11H20O2.C8H14O2/c1-4-7-8-9-10(5-2)13-11(12)6-3;1-4-5-6-10-8(9)7(2)3/h6,10H,3-5,7-9H2,1-2H3;2,4-6H2,1,3H3. The van der Waals surface area contributed by atoms with Crippen LogP contribution in [0.1, 0.15) is 72.6 Å². The molecule has 0 rings (SSSR count). The summed E-state index contributed by atoms with van der Waals surface area (Å²) >= 11 is 0. The molecule has 0 bridgehead atoms. The van der Waals surface area contributed by atoms with Crippen molar-refractivity contribution in [1.82, 2.24) is 0 Å². The van der Waals surface area contributed by atoms with Crippen LogP contribution in [0.15, 0.2) is 24.8 Å². The molecule has 0 spiro atoms. The van der Waals surface area contributed by atoms with E-state index in [-0.39, 0.29) is 18.0 Å². The minimum absolute atomic E-state index is 0.0806. The first-order valence-electron chi connectivity index (χ1n) is 8.58. The monoisotopic (exact) mass is 326 g/mol. The van der Waals surface area contributed by atoms with Crippen LogP contribution in [0.2, 0.25) is 0 Å². The van der Waals surface area contributed by atoms with Gasteiger partial charge in [0.25, 0.3) is 0 Å². The molecule has 4 heteroatoms. The molecule has 1 atom stereocenters. The first-order chi connectivity index (χ1) is 10.9. The van der Waals surface area contributed by atoms with Crippen LogP contribution in [-0.2, 0) is 19.1 Å². The van der Waals surface area contributed by atoms with Gasteiger partial charge in [0.05, 0.1) is 6.61 Å². The van der Waals surface area contributed by atoms with Crippen LogP contribution in [0.25, 0.3) is 0 Å². The molecule has 23 heavy (non-hydrogen) atoms. The van der Waals surface area contributed by atoms with Crippen LogP contribution in [0.3, 0.4) is 0 Å². The molecule has 0 aliphatic carbocycles. The van der Waals surface area contributed by atoms with E-state index in [4.69, 9.17) is 9.47 Å². The molecule has 134 valence electrons. The van der Waals surface area contributed by atoms with Crippen molar-refractivity contribution < 1.29 is 19.1 Å². The average Bonchev–Trinajstić information content (AvgIpc) is 2.54. The average molecular weight is 326 g/mol. The van der Waals surface area contributed by atoms with Crippen molar-refractivity contribution in [2.24, 2.45) is 0 Å². The van der Waals surface area contributed by atoms with Crippen LogP contribution >= 0.6 is 0 Å². The Bertz CT molecular complexity index is 347. The highest BCUT2D eigenvalue weighted by Gasteiger charge is 2.09. The van der Waals surface area contributed by atoms with Crippen molar-refractivity contribution in [3.8, 4) is 0 Å².